The van der Waals surface area contributed by atoms with Crippen LogP contribution in [0.25, 0.3) is 0 Å². The Balaban J connectivity index is 3.05. The lowest BCUT2D eigenvalue weighted by atomic mass is 10.5. The Morgan fingerprint density at radius 1 is 1.88 bits per heavy atom. The van der Waals surface area contributed by atoms with Crippen LogP contribution < -0.4 is 5.32 Å². The van der Waals surface area contributed by atoms with Crippen molar-refractivity contribution >= 4 is 6.09 Å². The molecule has 0 radical (unpaired) electrons. The molecular weight excluding hydrogens is 106 g/mol. The van der Waals surface area contributed by atoms with Crippen molar-refractivity contribution in [3.8, 4) is 0 Å². The van der Waals surface area contributed by atoms with Crippen LogP contribution in [-0.2, 0) is 0 Å². The first-order valence-electron chi connectivity index (χ1n) is 2.35. The second-order valence-electron chi connectivity index (χ2n) is 1.26. The van der Waals surface area contributed by atoms with Gasteiger partial charge in [-0.2, -0.15) is 0 Å². The Labute approximate surface area is 48.0 Å². The molecule has 0 aromatic heterocycles. The van der Waals surface area contributed by atoms with Crippen molar-refractivity contribution in [2.75, 3.05) is 6.54 Å². The van der Waals surface area contributed by atoms with Gasteiger partial charge in [0.2, 0.25) is 0 Å². The van der Waals surface area contributed by atoms with Crippen molar-refractivity contribution in [1.82, 2.24) is 5.32 Å². The van der Waals surface area contributed by atoms with E-state index < -0.39 is 6.09 Å². The molecule has 0 saturated carbocycles. The molecule has 46 valence electrons. The third-order valence-corrected chi connectivity index (χ3v) is 0.607. The zero-order valence-corrected chi connectivity index (χ0v) is 4.72. The van der Waals surface area contributed by atoms with Crippen molar-refractivity contribution in [1.29, 1.82) is 0 Å². The summed E-state index contributed by atoms with van der Waals surface area (Å²) < 4.78 is 0. The van der Waals surface area contributed by atoms with Crippen molar-refractivity contribution in [2.45, 2.75) is 6.92 Å². The maximum Gasteiger partial charge on any atom is 0.404 e. The van der Waals surface area contributed by atoms with E-state index in [0.717, 1.165) is 0 Å². The second-order valence-corrected chi connectivity index (χ2v) is 1.26. The van der Waals surface area contributed by atoms with E-state index in [4.69, 9.17) is 5.11 Å². The van der Waals surface area contributed by atoms with Crippen LogP contribution in [0.15, 0.2) is 12.2 Å². The lowest BCUT2D eigenvalue weighted by Crippen LogP contribution is -2.20. The Morgan fingerprint density at radius 2 is 2.50 bits per heavy atom. The largest absolute Gasteiger partial charge is 0.465 e. The molecule has 0 aromatic carbocycles. The minimum atomic E-state index is -0.983. The highest BCUT2D eigenvalue weighted by atomic mass is 16.4. The molecule has 0 aromatic rings. The van der Waals surface area contributed by atoms with Crippen molar-refractivity contribution in [2.24, 2.45) is 0 Å². The molecule has 0 bridgehead atoms. The maximum absolute atomic E-state index is 9.73. The van der Waals surface area contributed by atoms with E-state index >= 15 is 0 Å². The zero-order valence-electron chi connectivity index (χ0n) is 4.72. The van der Waals surface area contributed by atoms with Crippen LogP contribution in [0.2, 0.25) is 0 Å². The zero-order chi connectivity index (χ0) is 6.41. The molecule has 0 unspecified atom stereocenters. The van der Waals surface area contributed by atoms with E-state index in [0.29, 0.717) is 6.54 Å². The molecular formula is C5H9NO2. The summed E-state index contributed by atoms with van der Waals surface area (Å²) >= 11 is 0. The molecule has 0 rings (SSSR count). The Bertz CT molecular complexity index is 98.6. The third kappa shape index (κ3) is 5.01. The fourth-order valence-electron chi connectivity index (χ4n) is 0.264. The predicted octanol–water partition coefficient (Wildman–Crippen LogP) is 0.830. The van der Waals surface area contributed by atoms with Crippen LogP contribution in [-0.4, -0.2) is 17.7 Å². The van der Waals surface area contributed by atoms with Gasteiger partial charge >= 0.3 is 6.09 Å². The highest BCUT2D eigenvalue weighted by Gasteiger charge is 1.85. The summed E-state index contributed by atoms with van der Waals surface area (Å²) in [5.74, 6) is 0. The normalized spacial score (nSPS) is 9.62. The van der Waals surface area contributed by atoms with Gasteiger partial charge in [-0.1, -0.05) is 12.2 Å². The number of carbonyl (C=O) groups is 1. The van der Waals surface area contributed by atoms with Crippen LogP contribution in [0.4, 0.5) is 4.79 Å². The van der Waals surface area contributed by atoms with Gasteiger partial charge in [-0.05, 0) is 6.92 Å². The van der Waals surface area contributed by atoms with Crippen molar-refractivity contribution in [3.63, 3.8) is 0 Å². The first-order chi connectivity index (χ1) is 3.77. The molecule has 0 saturated heterocycles. The average Bonchev–Trinajstić information content (AvgIpc) is 1.66. The summed E-state index contributed by atoms with van der Waals surface area (Å²) in [5.41, 5.74) is 0. The first kappa shape index (κ1) is 7.01. The Kier molecular flexibility index (Phi) is 3.66. The molecule has 8 heavy (non-hydrogen) atoms. The van der Waals surface area contributed by atoms with Crippen LogP contribution in [0, 0.1) is 0 Å². The van der Waals surface area contributed by atoms with Gasteiger partial charge in [0, 0.05) is 6.54 Å². The van der Waals surface area contributed by atoms with Gasteiger partial charge in [-0.15, -0.1) is 0 Å². The number of hydrogen-bond donors (Lipinski definition) is 2. The van der Waals surface area contributed by atoms with Gasteiger partial charge < -0.3 is 10.4 Å². The molecule has 0 aliphatic rings. The first-order valence-corrected chi connectivity index (χ1v) is 2.35. The number of nitrogens with one attached hydrogen (secondary N) is 1. The fourth-order valence-corrected chi connectivity index (χ4v) is 0.264. The Hall–Kier alpha value is -0.990. The summed E-state index contributed by atoms with van der Waals surface area (Å²) in [6.45, 7) is 2.23. The van der Waals surface area contributed by atoms with E-state index in [9.17, 15) is 4.79 Å². The summed E-state index contributed by atoms with van der Waals surface area (Å²) in [7, 11) is 0. The van der Waals surface area contributed by atoms with Crippen molar-refractivity contribution in [3.05, 3.63) is 12.2 Å². The highest BCUT2D eigenvalue weighted by molar-refractivity contribution is 5.64. The second kappa shape index (κ2) is 4.18. The SMILES string of the molecule is C/C=C/CNC(=O)O. The molecule has 0 atom stereocenters. The summed E-state index contributed by atoms with van der Waals surface area (Å²) in [6.07, 6.45) is 2.53. The monoisotopic (exact) mass is 115 g/mol. The van der Waals surface area contributed by atoms with Crippen LogP contribution in [0.3, 0.4) is 0 Å². The van der Waals surface area contributed by atoms with Gasteiger partial charge in [-0.3, -0.25) is 0 Å². The van der Waals surface area contributed by atoms with Crippen LogP contribution in [0.5, 0.6) is 0 Å². The summed E-state index contributed by atoms with van der Waals surface area (Å²) in [4.78, 5) is 9.73. The number of amides is 1. The molecule has 3 nitrogen and oxygen atoms in total. The molecule has 1 amide bonds. The van der Waals surface area contributed by atoms with E-state index in [2.05, 4.69) is 5.32 Å². The van der Waals surface area contributed by atoms with E-state index in [1.54, 1.807) is 12.2 Å². The molecule has 0 spiro atoms. The minimum absolute atomic E-state index is 0.395. The molecule has 0 heterocycles. The van der Waals surface area contributed by atoms with E-state index in [1.165, 1.54) is 0 Å². The number of rotatable bonds is 2. The maximum atomic E-state index is 9.73. The molecule has 3 heteroatoms. The number of carboxylic acid groups (broad SMARTS) is 1. The molecule has 0 aliphatic heterocycles. The predicted molar refractivity (Wildman–Crippen MR) is 30.8 cm³/mol. The lowest BCUT2D eigenvalue weighted by Gasteiger charge is -1.89. The molecule has 0 aliphatic carbocycles. The quantitative estimate of drug-likeness (QED) is 0.523. The summed E-state index contributed by atoms with van der Waals surface area (Å²) in [5, 5.41) is 10.2. The topological polar surface area (TPSA) is 49.3 Å². The highest BCUT2D eigenvalue weighted by Crippen LogP contribution is 1.66. The number of allylic oxidation sites excluding steroid dienone is 1. The van der Waals surface area contributed by atoms with Crippen LogP contribution in [0.1, 0.15) is 6.92 Å². The summed E-state index contributed by atoms with van der Waals surface area (Å²) in [6, 6.07) is 0. The van der Waals surface area contributed by atoms with E-state index in [1.807, 2.05) is 6.92 Å². The van der Waals surface area contributed by atoms with Crippen molar-refractivity contribution < 1.29 is 9.90 Å². The van der Waals surface area contributed by atoms with Gasteiger partial charge in [0.25, 0.3) is 0 Å². The minimum Gasteiger partial charge on any atom is -0.465 e. The molecule has 2 N–H and O–H groups in total. The molecule has 0 fully saturated rings. The van der Waals surface area contributed by atoms with Gasteiger partial charge in [0.15, 0.2) is 0 Å². The number of hydrogen-bond acceptors (Lipinski definition) is 1. The smallest absolute Gasteiger partial charge is 0.404 e. The third-order valence-electron chi connectivity index (χ3n) is 0.607. The van der Waals surface area contributed by atoms with Gasteiger partial charge in [0.1, 0.15) is 0 Å². The standard InChI is InChI=1S/C5H9NO2/c1-2-3-4-6-5(7)8/h2-3,6H,4H2,1H3,(H,7,8)/b3-2+. The lowest BCUT2D eigenvalue weighted by molar-refractivity contribution is 0.195. The van der Waals surface area contributed by atoms with Gasteiger partial charge in [0.05, 0.1) is 0 Å². The average molecular weight is 115 g/mol. The van der Waals surface area contributed by atoms with Crippen LogP contribution >= 0.6 is 0 Å². The Morgan fingerprint density at radius 3 is 2.88 bits per heavy atom. The fraction of sp³-hybridized carbons (Fsp3) is 0.400. The van der Waals surface area contributed by atoms with E-state index in [-0.39, 0.29) is 0 Å². The van der Waals surface area contributed by atoms with Gasteiger partial charge in [-0.25, -0.2) is 4.79 Å².